The molecule has 22 heavy (non-hydrogen) atoms. The number of hydrogen-bond donors (Lipinski definition) is 1. The molecule has 0 saturated heterocycles. The minimum atomic E-state index is -0.873. The lowest BCUT2D eigenvalue weighted by atomic mass is 10.1. The summed E-state index contributed by atoms with van der Waals surface area (Å²) >= 11 is 0. The van der Waals surface area contributed by atoms with Crippen LogP contribution in [-0.2, 0) is 19.1 Å². The van der Waals surface area contributed by atoms with Crippen molar-refractivity contribution in [3.63, 3.8) is 0 Å². The van der Waals surface area contributed by atoms with E-state index in [1.54, 1.807) is 13.2 Å². The second kappa shape index (κ2) is 7.61. The lowest BCUT2D eigenvalue weighted by Gasteiger charge is -2.19. The molecule has 0 spiro atoms. The van der Waals surface area contributed by atoms with Crippen LogP contribution in [0.1, 0.15) is 12.5 Å². The summed E-state index contributed by atoms with van der Waals surface area (Å²) in [6, 6.07) is 7.41. The van der Waals surface area contributed by atoms with Crippen molar-refractivity contribution < 1.29 is 23.8 Å². The Bertz CT molecular complexity index is 582. The Hall–Kier alpha value is -2.34. The van der Waals surface area contributed by atoms with Crippen LogP contribution in [0.15, 0.2) is 29.8 Å². The maximum absolute atomic E-state index is 12.1. The number of para-hydroxylation sites is 1. The largest absolute Gasteiger partial charge is 0.488 e. The second-order valence-corrected chi connectivity index (χ2v) is 4.83. The summed E-state index contributed by atoms with van der Waals surface area (Å²) in [6.45, 7) is 2.44. The van der Waals surface area contributed by atoms with Gasteiger partial charge >= 0.3 is 5.97 Å². The molecular weight excluding hydrogens is 286 g/mol. The van der Waals surface area contributed by atoms with Crippen molar-refractivity contribution in [2.75, 3.05) is 26.9 Å². The van der Waals surface area contributed by atoms with Gasteiger partial charge in [0.05, 0.1) is 12.2 Å². The first-order valence-corrected chi connectivity index (χ1v) is 7.02. The summed E-state index contributed by atoms with van der Waals surface area (Å²) in [4.78, 5) is 23.8. The smallest absolute Gasteiger partial charge is 0.338 e. The third kappa shape index (κ3) is 4.08. The minimum absolute atomic E-state index is 0.133. The van der Waals surface area contributed by atoms with Crippen molar-refractivity contribution >= 4 is 18.0 Å². The predicted octanol–water partition coefficient (Wildman–Crippen LogP) is 1.16. The van der Waals surface area contributed by atoms with Crippen LogP contribution < -0.4 is 10.1 Å². The van der Waals surface area contributed by atoms with Crippen molar-refractivity contribution in [2.45, 2.75) is 13.0 Å². The number of rotatable bonds is 6. The van der Waals surface area contributed by atoms with Gasteiger partial charge in [0.2, 0.25) is 0 Å². The van der Waals surface area contributed by atoms with Crippen LogP contribution in [0.2, 0.25) is 0 Å². The molecule has 1 amide bonds. The molecule has 0 bridgehead atoms. The fourth-order valence-corrected chi connectivity index (χ4v) is 1.94. The molecule has 0 aromatic heterocycles. The van der Waals surface area contributed by atoms with Crippen molar-refractivity contribution in [3.05, 3.63) is 35.4 Å². The van der Waals surface area contributed by atoms with E-state index in [0.717, 1.165) is 11.3 Å². The second-order valence-electron chi connectivity index (χ2n) is 4.83. The quantitative estimate of drug-likeness (QED) is 0.630. The van der Waals surface area contributed by atoms with Crippen LogP contribution in [0.3, 0.4) is 0 Å². The molecule has 0 unspecified atom stereocenters. The van der Waals surface area contributed by atoms with Gasteiger partial charge in [-0.05, 0) is 19.1 Å². The van der Waals surface area contributed by atoms with Crippen LogP contribution in [0.25, 0.3) is 6.08 Å². The van der Waals surface area contributed by atoms with Crippen LogP contribution in [0, 0.1) is 0 Å². The Morgan fingerprint density at radius 3 is 2.91 bits per heavy atom. The first-order valence-electron chi connectivity index (χ1n) is 7.02. The molecule has 1 aromatic carbocycles. The number of hydrogen-bond acceptors (Lipinski definition) is 5. The lowest BCUT2D eigenvalue weighted by molar-refractivity contribution is -0.151. The number of carbonyl (C=O) groups excluding carboxylic acids is 2. The van der Waals surface area contributed by atoms with E-state index < -0.39 is 12.1 Å². The molecule has 1 N–H and O–H groups in total. The number of nitrogens with one attached hydrogen (secondary N) is 1. The van der Waals surface area contributed by atoms with Crippen molar-refractivity contribution in [2.24, 2.45) is 0 Å². The molecule has 6 nitrogen and oxygen atoms in total. The first kappa shape index (κ1) is 16.0. The van der Waals surface area contributed by atoms with E-state index in [4.69, 9.17) is 14.2 Å². The summed E-state index contributed by atoms with van der Waals surface area (Å²) in [5.41, 5.74) is 1.20. The van der Waals surface area contributed by atoms with Gasteiger partial charge in [-0.1, -0.05) is 18.2 Å². The van der Waals surface area contributed by atoms with Gasteiger partial charge in [-0.25, -0.2) is 4.79 Å². The number of amides is 1. The molecule has 0 fully saturated rings. The maximum atomic E-state index is 12.1. The van der Waals surface area contributed by atoms with E-state index in [0.29, 0.717) is 18.7 Å². The van der Waals surface area contributed by atoms with Crippen molar-refractivity contribution in [3.8, 4) is 5.75 Å². The molecule has 1 atom stereocenters. The Kier molecular flexibility index (Phi) is 5.55. The van der Waals surface area contributed by atoms with E-state index in [1.807, 2.05) is 24.3 Å². The van der Waals surface area contributed by atoms with Crippen molar-refractivity contribution in [1.82, 2.24) is 5.32 Å². The predicted molar refractivity (Wildman–Crippen MR) is 80.4 cm³/mol. The van der Waals surface area contributed by atoms with Crippen molar-refractivity contribution in [1.29, 1.82) is 0 Å². The third-order valence-corrected chi connectivity index (χ3v) is 3.15. The zero-order valence-electron chi connectivity index (χ0n) is 12.6. The number of carbonyl (C=O) groups is 2. The summed E-state index contributed by atoms with van der Waals surface area (Å²) in [5, 5.41) is 2.62. The zero-order valence-corrected chi connectivity index (χ0v) is 12.6. The van der Waals surface area contributed by atoms with Crippen LogP contribution >= 0.6 is 0 Å². The summed E-state index contributed by atoms with van der Waals surface area (Å²) in [5.74, 6) is -0.184. The average molecular weight is 305 g/mol. The molecular formula is C16H19NO5. The monoisotopic (exact) mass is 305 g/mol. The number of esters is 1. The maximum Gasteiger partial charge on any atom is 0.338 e. The highest BCUT2D eigenvalue weighted by molar-refractivity contribution is 5.96. The Morgan fingerprint density at radius 1 is 1.36 bits per heavy atom. The number of methoxy groups -OCH3 is 1. The Balaban J connectivity index is 1.92. The highest BCUT2D eigenvalue weighted by Crippen LogP contribution is 2.26. The van der Waals surface area contributed by atoms with Gasteiger partial charge in [-0.15, -0.1) is 0 Å². The summed E-state index contributed by atoms with van der Waals surface area (Å²) < 4.78 is 15.5. The molecule has 0 aliphatic carbocycles. The fourth-order valence-electron chi connectivity index (χ4n) is 1.94. The summed E-state index contributed by atoms with van der Waals surface area (Å²) in [7, 11) is 1.54. The van der Waals surface area contributed by atoms with E-state index in [1.165, 1.54) is 6.92 Å². The van der Waals surface area contributed by atoms with Gasteiger partial charge in [0, 0.05) is 19.2 Å². The standard InChI is InChI=1S/C16H19NO5/c1-11(15(18)17-7-8-20-2)22-16(19)13-9-12-5-3-4-6-14(12)21-10-13/h3-6,9,11H,7-8,10H2,1-2H3,(H,17,18)/t11-/m0/s1. The normalized spacial score (nSPS) is 14.2. The van der Waals surface area contributed by atoms with Crippen LogP contribution in [-0.4, -0.2) is 44.8 Å². The molecule has 1 heterocycles. The van der Waals surface area contributed by atoms with Gasteiger partial charge in [0.1, 0.15) is 12.4 Å². The highest BCUT2D eigenvalue weighted by Gasteiger charge is 2.23. The minimum Gasteiger partial charge on any atom is -0.488 e. The van der Waals surface area contributed by atoms with Gasteiger partial charge in [0.25, 0.3) is 5.91 Å². The molecule has 0 radical (unpaired) electrons. The summed E-state index contributed by atoms with van der Waals surface area (Å²) in [6.07, 6.45) is 0.846. The van der Waals surface area contributed by atoms with Gasteiger partial charge in [0.15, 0.2) is 6.10 Å². The van der Waals surface area contributed by atoms with E-state index in [2.05, 4.69) is 5.32 Å². The molecule has 0 saturated carbocycles. The molecule has 118 valence electrons. The number of ether oxygens (including phenoxy) is 3. The zero-order chi connectivity index (χ0) is 15.9. The van der Waals surface area contributed by atoms with Crippen LogP contribution in [0.4, 0.5) is 0 Å². The van der Waals surface area contributed by atoms with Gasteiger partial charge < -0.3 is 19.5 Å². The van der Waals surface area contributed by atoms with Gasteiger partial charge in [-0.2, -0.15) is 0 Å². The molecule has 1 aromatic rings. The van der Waals surface area contributed by atoms with E-state index in [-0.39, 0.29) is 12.5 Å². The van der Waals surface area contributed by atoms with E-state index in [9.17, 15) is 9.59 Å². The molecule has 1 aliphatic rings. The lowest BCUT2D eigenvalue weighted by Crippen LogP contribution is -2.38. The number of benzene rings is 1. The highest BCUT2D eigenvalue weighted by atomic mass is 16.6. The third-order valence-electron chi connectivity index (χ3n) is 3.15. The average Bonchev–Trinajstić information content (AvgIpc) is 2.54. The first-order chi connectivity index (χ1) is 10.6. The molecule has 2 rings (SSSR count). The fraction of sp³-hybridized carbons (Fsp3) is 0.375. The van der Waals surface area contributed by atoms with Gasteiger partial charge in [-0.3, -0.25) is 4.79 Å². The number of fused-ring (bicyclic) bond motifs is 1. The molecule has 1 aliphatic heterocycles. The Labute approximate surface area is 129 Å². The van der Waals surface area contributed by atoms with Crippen LogP contribution in [0.5, 0.6) is 5.75 Å². The molecule has 6 heteroatoms. The Morgan fingerprint density at radius 2 is 2.14 bits per heavy atom. The van der Waals surface area contributed by atoms with E-state index >= 15 is 0 Å². The topological polar surface area (TPSA) is 73.9 Å². The SMILES string of the molecule is COCCNC(=O)[C@H](C)OC(=O)C1=Cc2ccccc2OC1.